The zero-order chi connectivity index (χ0) is 13.4. The first kappa shape index (κ1) is 13.3. The molecule has 0 aromatic carbocycles. The third kappa shape index (κ3) is 1.80. The Morgan fingerprint density at radius 2 is 1.78 bits per heavy atom. The van der Waals surface area contributed by atoms with Crippen molar-refractivity contribution in [3.05, 3.63) is 12.2 Å². The summed E-state index contributed by atoms with van der Waals surface area (Å²) in [5.74, 6) is -0.219. The number of cyclic esters (lactones) is 1. The minimum absolute atomic E-state index is 0.0778. The molecule has 0 aromatic rings. The summed E-state index contributed by atoms with van der Waals surface area (Å²) >= 11 is 0. The van der Waals surface area contributed by atoms with Crippen LogP contribution in [-0.4, -0.2) is 17.9 Å². The Bertz CT molecular complexity index is 387. The summed E-state index contributed by atoms with van der Waals surface area (Å²) in [7, 11) is 0. The molecule has 1 saturated carbocycles. The fourth-order valence-electron chi connectivity index (χ4n) is 3.26. The second-order valence-electron chi connectivity index (χ2n) is 6.05. The highest BCUT2D eigenvalue weighted by Crippen LogP contribution is 2.48. The van der Waals surface area contributed by atoms with E-state index >= 15 is 0 Å². The molecule has 0 N–H and O–H groups in total. The summed E-state index contributed by atoms with van der Waals surface area (Å²) in [6.45, 7) is 5.66. The Labute approximate surface area is 109 Å². The smallest absolute Gasteiger partial charge is 0.320 e. The van der Waals surface area contributed by atoms with E-state index in [1.807, 2.05) is 32.9 Å². The third-order valence-electron chi connectivity index (χ3n) is 4.43. The van der Waals surface area contributed by atoms with Crippen LogP contribution in [0.1, 0.15) is 52.9 Å². The molecule has 100 valence electrons. The quantitative estimate of drug-likeness (QED) is 0.408. The molecule has 2 fully saturated rings. The van der Waals surface area contributed by atoms with Crippen LogP contribution in [-0.2, 0) is 14.3 Å². The topological polar surface area (TPSA) is 43.4 Å². The normalized spacial score (nSPS) is 30.7. The molecule has 1 atom stereocenters. The van der Waals surface area contributed by atoms with E-state index in [0.29, 0.717) is 12.8 Å². The van der Waals surface area contributed by atoms with Crippen molar-refractivity contribution in [3.8, 4) is 0 Å². The highest BCUT2D eigenvalue weighted by molar-refractivity contribution is 6.08. The molecule has 0 amide bonds. The van der Waals surface area contributed by atoms with Gasteiger partial charge in [0.25, 0.3) is 0 Å². The first-order chi connectivity index (χ1) is 8.45. The Morgan fingerprint density at radius 1 is 1.17 bits per heavy atom. The van der Waals surface area contributed by atoms with Gasteiger partial charge in [0.05, 0.1) is 5.41 Å². The molecule has 1 aliphatic carbocycles. The SMILES string of the molecule is C/C=C/[C@@H]1OC(=O)C2(CCCCC2)C(=O)C1(C)C. The molecule has 3 nitrogen and oxygen atoms in total. The predicted molar refractivity (Wildman–Crippen MR) is 69.0 cm³/mol. The molecule has 0 aromatic heterocycles. The third-order valence-corrected chi connectivity index (χ3v) is 4.43. The molecule has 2 aliphatic rings. The van der Waals surface area contributed by atoms with Gasteiger partial charge in [-0.05, 0) is 39.7 Å². The van der Waals surface area contributed by atoms with E-state index in [4.69, 9.17) is 4.74 Å². The zero-order valence-corrected chi connectivity index (χ0v) is 11.5. The van der Waals surface area contributed by atoms with Crippen LogP contribution in [0, 0.1) is 10.8 Å². The van der Waals surface area contributed by atoms with Crippen molar-refractivity contribution in [3.63, 3.8) is 0 Å². The number of carbonyl (C=O) groups excluding carboxylic acids is 2. The van der Waals surface area contributed by atoms with Crippen molar-refractivity contribution < 1.29 is 14.3 Å². The van der Waals surface area contributed by atoms with E-state index in [1.54, 1.807) is 0 Å². The van der Waals surface area contributed by atoms with Crippen LogP contribution in [0.15, 0.2) is 12.2 Å². The van der Waals surface area contributed by atoms with Gasteiger partial charge >= 0.3 is 5.97 Å². The van der Waals surface area contributed by atoms with Crippen LogP contribution in [0.4, 0.5) is 0 Å². The number of Topliss-reactive ketones (excluding diaryl/α,β-unsaturated/α-hetero) is 1. The maximum Gasteiger partial charge on any atom is 0.320 e. The molecule has 1 heterocycles. The Balaban J connectivity index is 2.36. The zero-order valence-electron chi connectivity index (χ0n) is 11.5. The fourth-order valence-corrected chi connectivity index (χ4v) is 3.26. The number of carbonyl (C=O) groups is 2. The summed E-state index contributed by atoms with van der Waals surface area (Å²) in [5.41, 5.74) is -1.46. The molecular formula is C15H22O3. The fraction of sp³-hybridized carbons (Fsp3) is 0.733. The molecule has 18 heavy (non-hydrogen) atoms. The highest BCUT2D eigenvalue weighted by atomic mass is 16.5. The molecule has 1 spiro atoms. The van der Waals surface area contributed by atoms with E-state index in [0.717, 1.165) is 19.3 Å². The van der Waals surface area contributed by atoms with Crippen LogP contribution in [0.2, 0.25) is 0 Å². The standard InChI is InChI=1S/C15H22O3/c1-4-8-11-14(2,3)12(16)15(13(17)18-11)9-6-5-7-10-15/h4,8,11H,5-7,9-10H2,1-3H3/b8-4+/t11-/m0/s1. The van der Waals surface area contributed by atoms with Crippen LogP contribution in [0.3, 0.4) is 0 Å². The van der Waals surface area contributed by atoms with Crippen molar-refractivity contribution in [1.82, 2.24) is 0 Å². The van der Waals surface area contributed by atoms with Crippen LogP contribution in [0.25, 0.3) is 0 Å². The number of esters is 1. The number of allylic oxidation sites excluding steroid dienone is 1. The average molecular weight is 250 g/mol. The summed E-state index contributed by atoms with van der Waals surface area (Å²) in [4.78, 5) is 25.1. The van der Waals surface area contributed by atoms with Gasteiger partial charge < -0.3 is 4.74 Å². The lowest BCUT2D eigenvalue weighted by atomic mass is 9.61. The minimum atomic E-state index is -0.847. The van der Waals surface area contributed by atoms with Crippen molar-refractivity contribution in [2.45, 2.75) is 59.0 Å². The van der Waals surface area contributed by atoms with E-state index < -0.39 is 16.9 Å². The first-order valence-corrected chi connectivity index (χ1v) is 6.84. The lowest BCUT2D eigenvalue weighted by molar-refractivity contribution is -0.186. The van der Waals surface area contributed by atoms with E-state index in [-0.39, 0.29) is 11.8 Å². The number of ketones is 1. The molecule has 1 saturated heterocycles. The van der Waals surface area contributed by atoms with Gasteiger partial charge in [-0.3, -0.25) is 9.59 Å². The van der Waals surface area contributed by atoms with Gasteiger partial charge in [0, 0.05) is 0 Å². The molecule has 0 radical (unpaired) electrons. The summed E-state index contributed by atoms with van der Waals surface area (Å²) in [5, 5.41) is 0. The van der Waals surface area contributed by atoms with Gasteiger partial charge in [0.1, 0.15) is 11.5 Å². The second kappa shape index (κ2) is 4.52. The van der Waals surface area contributed by atoms with Crippen LogP contribution >= 0.6 is 0 Å². The largest absolute Gasteiger partial charge is 0.456 e. The predicted octanol–water partition coefficient (Wildman–Crippen LogP) is 3.03. The van der Waals surface area contributed by atoms with Gasteiger partial charge in [0.15, 0.2) is 5.78 Å². The molecule has 0 bridgehead atoms. The summed E-state index contributed by atoms with van der Waals surface area (Å²) in [6, 6.07) is 0. The number of hydrogen-bond acceptors (Lipinski definition) is 3. The maximum atomic E-state index is 12.8. The first-order valence-electron chi connectivity index (χ1n) is 6.84. The molecule has 2 rings (SSSR count). The van der Waals surface area contributed by atoms with E-state index in [1.165, 1.54) is 0 Å². The van der Waals surface area contributed by atoms with Gasteiger partial charge in [-0.1, -0.05) is 25.3 Å². The van der Waals surface area contributed by atoms with Gasteiger partial charge in [-0.15, -0.1) is 0 Å². The van der Waals surface area contributed by atoms with Crippen LogP contribution < -0.4 is 0 Å². The molecule has 3 heteroatoms. The highest BCUT2D eigenvalue weighted by Gasteiger charge is 2.59. The lowest BCUT2D eigenvalue weighted by Gasteiger charge is -2.46. The average Bonchev–Trinajstić information content (AvgIpc) is 2.36. The van der Waals surface area contributed by atoms with Crippen molar-refractivity contribution >= 4 is 11.8 Å². The monoisotopic (exact) mass is 250 g/mol. The van der Waals surface area contributed by atoms with E-state index in [2.05, 4.69) is 0 Å². The van der Waals surface area contributed by atoms with Crippen molar-refractivity contribution in [2.24, 2.45) is 10.8 Å². The second-order valence-corrected chi connectivity index (χ2v) is 6.05. The van der Waals surface area contributed by atoms with Crippen molar-refractivity contribution in [1.29, 1.82) is 0 Å². The number of hydrogen-bond donors (Lipinski definition) is 0. The van der Waals surface area contributed by atoms with E-state index in [9.17, 15) is 9.59 Å². The molecular weight excluding hydrogens is 228 g/mol. The van der Waals surface area contributed by atoms with Gasteiger partial charge in [-0.2, -0.15) is 0 Å². The Hall–Kier alpha value is -1.12. The van der Waals surface area contributed by atoms with Crippen molar-refractivity contribution in [2.75, 3.05) is 0 Å². The van der Waals surface area contributed by atoms with Crippen LogP contribution in [0.5, 0.6) is 0 Å². The summed E-state index contributed by atoms with van der Waals surface area (Å²) < 4.78 is 5.56. The minimum Gasteiger partial charge on any atom is -0.456 e. The lowest BCUT2D eigenvalue weighted by Crippen LogP contribution is -2.58. The Kier molecular flexibility index (Phi) is 3.35. The van der Waals surface area contributed by atoms with Gasteiger partial charge in [0.2, 0.25) is 0 Å². The number of rotatable bonds is 1. The summed E-state index contributed by atoms with van der Waals surface area (Å²) in [6.07, 6.45) is 7.57. The van der Waals surface area contributed by atoms with Gasteiger partial charge in [-0.25, -0.2) is 0 Å². The number of ether oxygens (including phenoxy) is 1. The Morgan fingerprint density at radius 3 is 2.33 bits per heavy atom. The maximum absolute atomic E-state index is 12.8. The molecule has 0 unspecified atom stereocenters. The molecule has 1 aliphatic heterocycles.